The summed E-state index contributed by atoms with van der Waals surface area (Å²) in [4.78, 5) is 23.6. The molecule has 0 aromatic heterocycles. The van der Waals surface area contributed by atoms with E-state index in [9.17, 15) is 18.0 Å². The number of carbonyl (C=O) groups excluding carboxylic acids is 2. The van der Waals surface area contributed by atoms with Crippen LogP contribution in [0.15, 0.2) is 18.2 Å². The number of nitrogens with one attached hydrogen (secondary N) is 3. The molecule has 1 aliphatic rings. The van der Waals surface area contributed by atoms with Gasteiger partial charge in [-0.3, -0.25) is 4.79 Å². The summed E-state index contributed by atoms with van der Waals surface area (Å²) in [6.45, 7) is 1.11. The van der Waals surface area contributed by atoms with Crippen molar-refractivity contribution in [3.8, 4) is 5.75 Å². The Kier molecular flexibility index (Phi) is 7.90. The van der Waals surface area contributed by atoms with Crippen LogP contribution < -0.4 is 20.1 Å². The van der Waals surface area contributed by atoms with Crippen molar-refractivity contribution < 1.29 is 22.7 Å². The Bertz CT molecular complexity index is 810. The molecule has 1 saturated heterocycles. The first-order valence-electron chi connectivity index (χ1n) is 8.88. The molecule has 0 saturated carbocycles. The average Bonchev–Trinajstić information content (AvgIpc) is 2.67. The number of nitrogens with zero attached hydrogens (tertiary/aromatic N) is 1. The SMILES string of the molecule is CNC(=O)NS(=O)(=O)N1CCC(CCNC(=O)c2cc(Cl)ccc2OC)CC1. The van der Waals surface area contributed by atoms with E-state index in [4.69, 9.17) is 16.3 Å². The maximum atomic E-state index is 12.3. The van der Waals surface area contributed by atoms with Gasteiger partial charge in [0.05, 0.1) is 12.7 Å². The lowest BCUT2D eigenvalue weighted by Crippen LogP contribution is -2.49. The predicted molar refractivity (Wildman–Crippen MR) is 106 cm³/mol. The molecule has 0 unspecified atom stereocenters. The second kappa shape index (κ2) is 9.94. The molecular weight excluding hydrogens is 408 g/mol. The van der Waals surface area contributed by atoms with Gasteiger partial charge in [-0.25, -0.2) is 9.52 Å². The molecule has 156 valence electrons. The van der Waals surface area contributed by atoms with E-state index in [0.29, 0.717) is 48.8 Å². The summed E-state index contributed by atoms with van der Waals surface area (Å²) < 4.78 is 32.6. The van der Waals surface area contributed by atoms with Crippen LogP contribution in [0.2, 0.25) is 5.02 Å². The second-order valence-electron chi connectivity index (χ2n) is 6.42. The zero-order chi connectivity index (χ0) is 20.7. The smallest absolute Gasteiger partial charge is 0.329 e. The standard InChI is InChI=1S/C17H25ClN4O5S/c1-19-17(24)21-28(25,26)22-9-6-12(7-10-22)5-8-20-16(23)14-11-13(18)3-4-15(14)27-2/h3-4,11-12H,5-10H2,1-2H3,(H,20,23)(H2,19,21,24). The Morgan fingerprint density at radius 1 is 1.29 bits per heavy atom. The third-order valence-corrected chi connectivity index (χ3v) is 6.33. The Morgan fingerprint density at radius 3 is 2.57 bits per heavy atom. The number of hydrogen-bond acceptors (Lipinski definition) is 5. The molecule has 9 nitrogen and oxygen atoms in total. The number of amides is 3. The fraction of sp³-hybridized carbons (Fsp3) is 0.529. The van der Waals surface area contributed by atoms with Crippen LogP contribution in [0.5, 0.6) is 5.75 Å². The maximum Gasteiger partial charge on any atom is 0.329 e. The third-order valence-electron chi connectivity index (χ3n) is 4.61. The topological polar surface area (TPSA) is 117 Å². The lowest BCUT2D eigenvalue weighted by molar-refractivity contribution is 0.0947. The first-order chi connectivity index (χ1) is 13.3. The van der Waals surface area contributed by atoms with E-state index >= 15 is 0 Å². The van der Waals surface area contributed by atoms with Gasteiger partial charge < -0.3 is 15.4 Å². The average molecular weight is 433 g/mol. The van der Waals surface area contributed by atoms with E-state index in [0.717, 1.165) is 6.42 Å². The fourth-order valence-electron chi connectivity index (χ4n) is 3.01. The van der Waals surface area contributed by atoms with Crippen molar-refractivity contribution in [3.63, 3.8) is 0 Å². The number of benzene rings is 1. The molecule has 1 heterocycles. The summed E-state index contributed by atoms with van der Waals surface area (Å²) in [7, 11) is -0.986. The third kappa shape index (κ3) is 5.98. The summed E-state index contributed by atoms with van der Waals surface area (Å²) >= 11 is 5.95. The normalized spacial score (nSPS) is 15.7. The van der Waals surface area contributed by atoms with Crippen LogP contribution >= 0.6 is 11.6 Å². The van der Waals surface area contributed by atoms with E-state index in [1.165, 1.54) is 18.5 Å². The van der Waals surface area contributed by atoms with Crippen molar-refractivity contribution in [3.05, 3.63) is 28.8 Å². The minimum atomic E-state index is -3.82. The van der Waals surface area contributed by atoms with Crippen LogP contribution in [0.1, 0.15) is 29.6 Å². The molecule has 0 atom stereocenters. The number of urea groups is 1. The molecule has 3 N–H and O–H groups in total. The monoisotopic (exact) mass is 432 g/mol. The lowest BCUT2D eigenvalue weighted by atomic mass is 9.95. The van der Waals surface area contributed by atoms with Gasteiger partial charge in [-0.15, -0.1) is 0 Å². The van der Waals surface area contributed by atoms with E-state index in [2.05, 4.69) is 10.6 Å². The highest BCUT2D eigenvalue weighted by Crippen LogP contribution is 2.24. The number of piperidine rings is 1. The minimum Gasteiger partial charge on any atom is -0.496 e. The fourth-order valence-corrected chi connectivity index (χ4v) is 4.34. The molecule has 0 spiro atoms. The number of ether oxygens (including phenoxy) is 1. The summed E-state index contributed by atoms with van der Waals surface area (Å²) in [6.07, 6.45) is 2.04. The summed E-state index contributed by atoms with van der Waals surface area (Å²) in [5, 5.41) is 5.52. The van der Waals surface area contributed by atoms with Crippen LogP contribution in [0.3, 0.4) is 0 Å². The molecular formula is C17H25ClN4O5S. The molecule has 1 aromatic carbocycles. The van der Waals surface area contributed by atoms with Gasteiger partial charge in [-0.05, 0) is 43.4 Å². The first-order valence-corrected chi connectivity index (χ1v) is 10.7. The van der Waals surface area contributed by atoms with Gasteiger partial charge in [-0.1, -0.05) is 11.6 Å². The van der Waals surface area contributed by atoms with Crippen molar-refractivity contribution in [2.75, 3.05) is 33.8 Å². The van der Waals surface area contributed by atoms with Crippen molar-refractivity contribution in [1.82, 2.24) is 19.7 Å². The minimum absolute atomic E-state index is 0.269. The van der Waals surface area contributed by atoms with Crippen LogP contribution in [-0.2, 0) is 10.2 Å². The Balaban J connectivity index is 1.79. The number of methoxy groups -OCH3 is 1. The van der Waals surface area contributed by atoms with Gasteiger partial charge >= 0.3 is 16.2 Å². The highest BCUT2D eigenvalue weighted by atomic mass is 35.5. The molecule has 1 aromatic rings. The number of carbonyl (C=O) groups is 2. The Labute approximate surface area is 169 Å². The van der Waals surface area contributed by atoms with Crippen molar-refractivity contribution >= 4 is 33.7 Å². The number of hydrogen-bond donors (Lipinski definition) is 3. The van der Waals surface area contributed by atoms with Crippen LogP contribution in [-0.4, -0.2) is 58.5 Å². The van der Waals surface area contributed by atoms with Crippen LogP contribution in [0, 0.1) is 5.92 Å². The molecule has 0 bridgehead atoms. The van der Waals surface area contributed by atoms with E-state index in [1.807, 2.05) is 4.72 Å². The Hall–Kier alpha value is -2.04. The van der Waals surface area contributed by atoms with Crippen molar-refractivity contribution in [1.29, 1.82) is 0 Å². The zero-order valence-corrected chi connectivity index (χ0v) is 17.4. The molecule has 1 fully saturated rings. The van der Waals surface area contributed by atoms with Gasteiger partial charge in [0.25, 0.3) is 5.91 Å². The quantitative estimate of drug-likeness (QED) is 0.601. The highest BCUT2D eigenvalue weighted by molar-refractivity contribution is 7.87. The highest BCUT2D eigenvalue weighted by Gasteiger charge is 2.29. The predicted octanol–water partition coefficient (Wildman–Crippen LogP) is 1.35. The van der Waals surface area contributed by atoms with Gasteiger partial charge in [0.2, 0.25) is 0 Å². The van der Waals surface area contributed by atoms with Crippen molar-refractivity contribution in [2.24, 2.45) is 5.92 Å². The first kappa shape index (κ1) is 22.3. The summed E-state index contributed by atoms with van der Waals surface area (Å²) in [6, 6.07) is 4.08. The van der Waals surface area contributed by atoms with Gasteiger partial charge in [-0.2, -0.15) is 12.7 Å². The van der Waals surface area contributed by atoms with Gasteiger partial charge in [0.15, 0.2) is 0 Å². The Morgan fingerprint density at radius 2 is 1.96 bits per heavy atom. The summed E-state index contributed by atoms with van der Waals surface area (Å²) in [5.41, 5.74) is 0.371. The van der Waals surface area contributed by atoms with Gasteiger partial charge in [0.1, 0.15) is 5.75 Å². The van der Waals surface area contributed by atoms with Gasteiger partial charge in [0, 0.05) is 31.7 Å². The molecule has 0 radical (unpaired) electrons. The largest absolute Gasteiger partial charge is 0.496 e. The van der Waals surface area contributed by atoms with E-state index in [-0.39, 0.29) is 11.8 Å². The van der Waals surface area contributed by atoms with E-state index in [1.54, 1.807) is 18.2 Å². The summed E-state index contributed by atoms with van der Waals surface area (Å²) in [5.74, 6) is 0.464. The van der Waals surface area contributed by atoms with Crippen LogP contribution in [0.25, 0.3) is 0 Å². The molecule has 0 aliphatic carbocycles. The van der Waals surface area contributed by atoms with E-state index < -0.39 is 16.2 Å². The molecule has 3 amide bonds. The molecule has 28 heavy (non-hydrogen) atoms. The zero-order valence-electron chi connectivity index (χ0n) is 15.8. The van der Waals surface area contributed by atoms with Crippen LogP contribution in [0.4, 0.5) is 4.79 Å². The maximum absolute atomic E-state index is 12.3. The number of halogens is 1. The number of rotatable bonds is 7. The molecule has 2 rings (SSSR count). The lowest BCUT2D eigenvalue weighted by Gasteiger charge is -2.31. The molecule has 11 heteroatoms. The second-order valence-corrected chi connectivity index (χ2v) is 8.52. The van der Waals surface area contributed by atoms with Crippen molar-refractivity contribution in [2.45, 2.75) is 19.3 Å². The molecule has 1 aliphatic heterocycles.